The number of hydrogen-bond acceptors (Lipinski definition) is 4. The smallest absolute Gasteiger partial charge is 0.251 e. The van der Waals surface area contributed by atoms with E-state index >= 15 is 0 Å². The number of likely N-dealkylation sites (tertiary alicyclic amines) is 1. The average Bonchev–Trinajstić information content (AvgIpc) is 2.93. The minimum Gasteiger partial charge on any atom is -0.355 e. The van der Waals surface area contributed by atoms with Crippen molar-refractivity contribution in [2.24, 2.45) is 5.92 Å². The molecule has 0 aliphatic carbocycles. The van der Waals surface area contributed by atoms with Gasteiger partial charge in [0.1, 0.15) is 5.82 Å². The van der Waals surface area contributed by atoms with Gasteiger partial charge in [0.2, 0.25) is 5.91 Å². The Labute approximate surface area is 138 Å². The van der Waals surface area contributed by atoms with Crippen LogP contribution in [0.1, 0.15) is 18.5 Å². The molecule has 0 radical (unpaired) electrons. The Morgan fingerprint density at radius 2 is 2.00 bits per heavy atom. The Morgan fingerprint density at radius 3 is 2.71 bits per heavy atom. The van der Waals surface area contributed by atoms with Crippen molar-refractivity contribution in [2.75, 3.05) is 31.1 Å². The molecule has 2 aromatic rings. The van der Waals surface area contributed by atoms with Crippen LogP contribution in [0.2, 0.25) is 0 Å². The van der Waals surface area contributed by atoms with Crippen LogP contribution in [0.25, 0.3) is 5.65 Å². The summed E-state index contributed by atoms with van der Waals surface area (Å²) in [5.74, 6) is -1.85. The lowest BCUT2D eigenvalue weighted by Gasteiger charge is -2.43. The Hall–Kier alpha value is -2.25. The molecule has 0 aromatic carbocycles. The number of piperidine rings is 1. The second-order valence-electron chi connectivity index (χ2n) is 6.64. The number of carbonyl (C=O) groups excluding carboxylic acids is 1. The zero-order valence-electron chi connectivity index (χ0n) is 13.5. The van der Waals surface area contributed by atoms with Gasteiger partial charge in [-0.25, -0.2) is 13.8 Å². The maximum atomic E-state index is 13.2. The molecule has 0 unspecified atom stereocenters. The summed E-state index contributed by atoms with van der Waals surface area (Å²) in [4.78, 5) is 20.5. The van der Waals surface area contributed by atoms with E-state index in [0.717, 1.165) is 17.2 Å². The monoisotopic (exact) mass is 335 g/mol. The molecule has 6 nitrogen and oxygen atoms in total. The maximum Gasteiger partial charge on any atom is 0.251 e. The second-order valence-corrected chi connectivity index (χ2v) is 6.64. The number of rotatable bonds is 2. The number of aryl methyl sites for hydroxylation is 1. The number of anilines is 1. The Kier molecular flexibility index (Phi) is 3.43. The highest BCUT2D eigenvalue weighted by Crippen LogP contribution is 2.31. The zero-order chi connectivity index (χ0) is 16.9. The molecule has 128 valence electrons. The minimum atomic E-state index is -2.62. The molecule has 1 amide bonds. The molecule has 2 aliphatic heterocycles. The number of fused-ring (bicyclic) bond motifs is 1. The first kappa shape index (κ1) is 15.3. The quantitative estimate of drug-likeness (QED) is 0.839. The third kappa shape index (κ3) is 2.59. The second kappa shape index (κ2) is 5.39. The van der Waals surface area contributed by atoms with E-state index in [0.29, 0.717) is 13.1 Å². The summed E-state index contributed by atoms with van der Waals surface area (Å²) in [6, 6.07) is 3.79. The van der Waals surface area contributed by atoms with Gasteiger partial charge in [-0.15, -0.1) is 0 Å². The highest BCUT2D eigenvalue weighted by atomic mass is 19.3. The van der Waals surface area contributed by atoms with E-state index < -0.39 is 5.92 Å². The van der Waals surface area contributed by atoms with E-state index in [1.54, 1.807) is 15.6 Å². The fraction of sp³-hybridized carbons (Fsp3) is 0.562. The average molecular weight is 335 g/mol. The predicted octanol–water partition coefficient (Wildman–Crippen LogP) is 1.73. The molecule has 0 N–H and O–H groups in total. The molecule has 0 atom stereocenters. The van der Waals surface area contributed by atoms with Crippen molar-refractivity contribution in [1.82, 2.24) is 19.5 Å². The maximum absolute atomic E-state index is 13.2. The van der Waals surface area contributed by atoms with Gasteiger partial charge in [-0.2, -0.15) is 9.61 Å². The first-order chi connectivity index (χ1) is 11.4. The van der Waals surface area contributed by atoms with Crippen LogP contribution in [-0.2, 0) is 4.79 Å². The van der Waals surface area contributed by atoms with Gasteiger partial charge in [0.05, 0.1) is 12.1 Å². The van der Waals surface area contributed by atoms with Crippen LogP contribution in [0.3, 0.4) is 0 Å². The highest BCUT2D eigenvalue weighted by Gasteiger charge is 2.41. The lowest BCUT2D eigenvalue weighted by atomic mass is 9.96. The fourth-order valence-electron chi connectivity index (χ4n) is 3.38. The van der Waals surface area contributed by atoms with Crippen LogP contribution in [0.4, 0.5) is 14.6 Å². The standard InChI is InChI=1S/C16H19F2N5O/c1-11-8-14(23-13(20-11)2-5-19-23)22-9-12(10-22)15(24)21-6-3-16(17,18)4-7-21/h2,5,8,12H,3-4,6-7,9-10H2,1H3. The molecule has 4 heterocycles. The number of amides is 1. The molecular formula is C16H19F2N5O. The minimum absolute atomic E-state index is 0.00997. The normalized spacial score (nSPS) is 21.1. The van der Waals surface area contributed by atoms with E-state index in [1.165, 1.54) is 0 Å². The van der Waals surface area contributed by atoms with Gasteiger partial charge < -0.3 is 9.80 Å². The van der Waals surface area contributed by atoms with Crippen LogP contribution in [0, 0.1) is 12.8 Å². The van der Waals surface area contributed by atoms with Crippen molar-refractivity contribution in [3.63, 3.8) is 0 Å². The first-order valence-corrected chi connectivity index (χ1v) is 8.16. The molecule has 24 heavy (non-hydrogen) atoms. The third-order valence-corrected chi connectivity index (χ3v) is 4.83. The molecule has 0 spiro atoms. The van der Waals surface area contributed by atoms with Gasteiger partial charge in [0, 0.05) is 56.8 Å². The van der Waals surface area contributed by atoms with Crippen molar-refractivity contribution in [1.29, 1.82) is 0 Å². The molecule has 0 bridgehead atoms. The van der Waals surface area contributed by atoms with E-state index in [9.17, 15) is 13.6 Å². The highest BCUT2D eigenvalue weighted by molar-refractivity contribution is 5.82. The van der Waals surface area contributed by atoms with Crippen LogP contribution >= 0.6 is 0 Å². The number of carbonyl (C=O) groups is 1. The van der Waals surface area contributed by atoms with Crippen molar-refractivity contribution < 1.29 is 13.6 Å². The Balaban J connectivity index is 1.43. The molecule has 2 fully saturated rings. The lowest BCUT2D eigenvalue weighted by Crippen LogP contribution is -2.56. The first-order valence-electron chi connectivity index (χ1n) is 8.16. The van der Waals surface area contributed by atoms with E-state index in [2.05, 4.69) is 15.0 Å². The van der Waals surface area contributed by atoms with E-state index in [1.807, 2.05) is 19.1 Å². The van der Waals surface area contributed by atoms with Crippen molar-refractivity contribution in [3.8, 4) is 0 Å². The molecule has 2 aliphatic rings. The Morgan fingerprint density at radius 1 is 1.29 bits per heavy atom. The van der Waals surface area contributed by atoms with Gasteiger partial charge in [-0.3, -0.25) is 4.79 Å². The van der Waals surface area contributed by atoms with Gasteiger partial charge >= 0.3 is 0 Å². The summed E-state index contributed by atoms with van der Waals surface area (Å²) in [6.07, 6.45) is 1.24. The summed E-state index contributed by atoms with van der Waals surface area (Å²) >= 11 is 0. The van der Waals surface area contributed by atoms with Gasteiger partial charge in [-0.1, -0.05) is 0 Å². The molecule has 8 heteroatoms. The van der Waals surface area contributed by atoms with Crippen LogP contribution < -0.4 is 4.90 Å². The molecule has 4 rings (SSSR count). The summed E-state index contributed by atoms with van der Waals surface area (Å²) in [7, 11) is 0. The van der Waals surface area contributed by atoms with E-state index in [4.69, 9.17) is 0 Å². The topological polar surface area (TPSA) is 53.7 Å². The number of aromatic nitrogens is 3. The summed E-state index contributed by atoms with van der Waals surface area (Å²) in [5, 5.41) is 4.27. The van der Waals surface area contributed by atoms with Crippen LogP contribution in [0.15, 0.2) is 18.3 Å². The molecular weight excluding hydrogens is 316 g/mol. The van der Waals surface area contributed by atoms with Crippen molar-refractivity contribution >= 4 is 17.4 Å². The lowest BCUT2D eigenvalue weighted by molar-refractivity contribution is -0.142. The molecule has 2 saturated heterocycles. The van der Waals surface area contributed by atoms with Crippen molar-refractivity contribution in [3.05, 3.63) is 24.0 Å². The number of alkyl halides is 2. The fourth-order valence-corrected chi connectivity index (χ4v) is 3.38. The third-order valence-electron chi connectivity index (χ3n) is 4.83. The van der Waals surface area contributed by atoms with Crippen molar-refractivity contribution in [2.45, 2.75) is 25.7 Å². The number of hydrogen-bond donors (Lipinski definition) is 0. The van der Waals surface area contributed by atoms with Gasteiger partial charge in [0.25, 0.3) is 5.92 Å². The predicted molar refractivity (Wildman–Crippen MR) is 84.2 cm³/mol. The van der Waals surface area contributed by atoms with Crippen LogP contribution in [-0.4, -0.2) is 57.5 Å². The summed E-state index contributed by atoms with van der Waals surface area (Å²) < 4.78 is 28.2. The SMILES string of the molecule is Cc1cc(N2CC(C(=O)N3CCC(F)(F)CC3)C2)n2nccc2n1. The Bertz CT molecular complexity index is 774. The zero-order valence-corrected chi connectivity index (χ0v) is 13.5. The number of nitrogens with zero attached hydrogens (tertiary/aromatic N) is 5. The largest absolute Gasteiger partial charge is 0.355 e. The summed E-state index contributed by atoms with van der Waals surface area (Å²) in [6.45, 7) is 3.40. The molecule has 0 saturated carbocycles. The summed E-state index contributed by atoms with van der Waals surface area (Å²) in [5.41, 5.74) is 1.67. The number of halogens is 2. The van der Waals surface area contributed by atoms with Crippen LogP contribution in [0.5, 0.6) is 0 Å². The van der Waals surface area contributed by atoms with Gasteiger partial charge in [0.15, 0.2) is 5.65 Å². The van der Waals surface area contributed by atoms with Gasteiger partial charge in [-0.05, 0) is 6.92 Å². The molecule has 2 aromatic heterocycles. The van der Waals surface area contributed by atoms with E-state index in [-0.39, 0.29) is 37.8 Å².